The van der Waals surface area contributed by atoms with Gasteiger partial charge in [-0.2, -0.15) is 0 Å². The van der Waals surface area contributed by atoms with Crippen LogP contribution in [0.25, 0.3) is 0 Å². The van der Waals surface area contributed by atoms with E-state index in [1.165, 1.54) is 36.5 Å². The van der Waals surface area contributed by atoms with Crippen LogP contribution >= 0.6 is 0 Å². The summed E-state index contributed by atoms with van der Waals surface area (Å²) >= 11 is 0. The topological polar surface area (TPSA) is 85.1 Å². The summed E-state index contributed by atoms with van der Waals surface area (Å²) in [5, 5.41) is 13.9. The van der Waals surface area contributed by atoms with Gasteiger partial charge in [0.25, 0.3) is 0 Å². The minimum Gasteiger partial charge on any atom is -0.334 e. The molecule has 0 aliphatic rings. The van der Waals surface area contributed by atoms with Crippen molar-refractivity contribution in [2.24, 2.45) is 0 Å². The Hall–Kier alpha value is -3.61. The van der Waals surface area contributed by atoms with E-state index in [-0.39, 0.29) is 22.6 Å². The third kappa shape index (κ3) is 3.50. The Bertz CT molecular complexity index is 960. The zero-order valence-electron chi connectivity index (χ0n) is 12.8. The second-order valence-corrected chi connectivity index (χ2v) is 5.14. The lowest BCUT2D eigenvalue weighted by atomic mass is 10.0. The number of anilines is 2. The van der Waals surface area contributed by atoms with E-state index in [4.69, 9.17) is 0 Å². The number of ketones is 1. The standard InChI is InChI=1S/C18H12FN3O3/c19-13-6-3-5-12(11-13)17(23)14-7-1-2-8-15(14)21-18-16(22(24)25)9-4-10-20-18/h1-11H,(H,20,21). The number of rotatable bonds is 5. The lowest BCUT2D eigenvalue weighted by molar-refractivity contribution is -0.384. The third-order valence-corrected chi connectivity index (χ3v) is 3.49. The number of benzene rings is 2. The molecule has 0 aliphatic carbocycles. The maximum absolute atomic E-state index is 13.4. The predicted octanol–water partition coefficient (Wildman–Crippen LogP) is 4.10. The fraction of sp³-hybridized carbons (Fsp3) is 0. The lowest BCUT2D eigenvalue weighted by Gasteiger charge is -2.11. The van der Waals surface area contributed by atoms with Gasteiger partial charge in [-0.15, -0.1) is 0 Å². The van der Waals surface area contributed by atoms with Crippen molar-refractivity contribution in [1.29, 1.82) is 0 Å². The van der Waals surface area contributed by atoms with Crippen molar-refractivity contribution < 1.29 is 14.1 Å². The van der Waals surface area contributed by atoms with Gasteiger partial charge < -0.3 is 5.32 Å². The van der Waals surface area contributed by atoms with Crippen LogP contribution in [0.3, 0.4) is 0 Å². The summed E-state index contributed by atoms with van der Waals surface area (Å²) in [7, 11) is 0. The highest BCUT2D eigenvalue weighted by molar-refractivity contribution is 6.12. The van der Waals surface area contributed by atoms with Crippen LogP contribution in [-0.4, -0.2) is 15.7 Å². The normalized spacial score (nSPS) is 10.3. The molecule has 0 saturated carbocycles. The molecule has 2 aromatic carbocycles. The van der Waals surface area contributed by atoms with Crippen molar-refractivity contribution in [1.82, 2.24) is 4.98 Å². The Morgan fingerprint density at radius 2 is 1.88 bits per heavy atom. The molecule has 1 aromatic heterocycles. The van der Waals surface area contributed by atoms with Crippen molar-refractivity contribution >= 4 is 23.0 Å². The highest BCUT2D eigenvalue weighted by atomic mass is 19.1. The molecular formula is C18H12FN3O3. The van der Waals surface area contributed by atoms with Gasteiger partial charge in [0.1, 0.15) is 5.82 Å². The van der Waals surface area contributed by atoms with Crippen LogP contribution in [0.4, 0.5) is 21.6 Å². The van der Waals surface area contributed by atoms with Gasteiger partial charge in [-0.1, -0.05) is 24.3 Å². The number of nitrogens with one attached hydrogen (secondary N) is 1. The van der Waals surface area contributed by atoms with Crippen molar-refractivity contribution in [2.45, 2.75) is 0 Å². The first kappa shape index (κ1) is 16.3. The molecule has 0 atom stereocenters. The smallest absolute Gasteiger partial charge is 0.311 e. The van der Waals surface area contributed by atoms with Crippen molar-refractivity contribution in [3.63, 3.8) is 0 Å². The number of aromatic nitrogens is 1. The first-order valence-electron chi connectivity index (χ1n) is 7.32. The number of pyridine rings is 1. The monoisotopic (exact) mass is 337 g/mol. The molecule has 1 N–H and O–H groups in total. The number of carbonyl (C=O) groups excluding carboxylic acids is 1. The molecule has 0 amide bonds. The van der Waals surface area contributed by atoms with E-state index in [9.17, 15) is 19.3 Å². The Morgan fingerprint density at radius 1 is 1.08 bits per heavy atom. The molecule has 3 aromatic rings. The zero-order valence-corrected chi connectivity index (χ0v) is 12.8. The van der Waals surface area contributed by atoms with E-state index >= 15 is 0 Å². The van der Waals surface area contributed by atoms with Crippen LogP contribution < -0.4 is 5.32 Å². The van der Waals surface area contributed by atoms with Crippen LogP contribution in [0.5, 0.6) is 0 Å². The number of nitrogens with zero attached hydrogens (tertiary/aromatic N) is 2. The molecule has 0 saturated heterocycles. The first-order valence-corrected chi connectivity index (χ1v) is 7.32. The van der Waals surface area contributed by atoms with Gasteiger partial charge in [-0.3, -0.25) is 14.9 Å². The number of para-hydroxylation sites is 1. The molecule has 7 heteroatoms. The van der Waals surface area contributed by atoms with Gasteiger partial charge >= 0.3 is 5.69 Å². The minimum absolute atomic E-state index is 0.0204. The van der Waals surface area contributed by atoms with E-state index in [2.05, 4.69) is 10.3 Å². The average molecular weight is 337 g/mol. The Morgan fingerprint density at radius 3 is 2.64 bits per heavy atom. The predicted molar refractivity (Wildman–Crippen MR) is 90.4 cm³/mol. The lowest BCUT2D eigenvalue weighted by Crippen LogP contribution is -2.07. The number of hydrogen-bond donors (Lipinski definition) is 1. The molecule has 0 fully saturated rings. The molecule has 0 aliphatic heterocycles. The highest BCUT2D eigenvalue weighted by Crippen LogP contribution is 2.27. The summed E-state index contributed by atoms with van der Waals surface area (Å²) in [6.45, 7) is 0. The number of halogens is 1. The maximum Gasteiger partial charge on any atom is 0.311 e. The average Bonchev–Trinajstić information content (AvgIpc) is 2.62. The first-order chi connectivity index (χ1) is 12.1. The van der Waals surface area contributed by atoms with Crippen LogP contribution in [0.2, 0.25) is 0 Å². The number of hydrogen-bond acceptors (Lipinski definition) is 5. The summed E-state index contributed by atoms with van der Waals surface area (Å²) in [5.74, 6) is -0.898. The maximum atomic E-state index is 13.4. The molecule has 0 radical (unpaired) electrons. The van der Waals surface area contributed by atoms with Crippen molar-refractivity contribution in [3.8, 4) is 0 Å². The van der Waals surface area contributed by atoms with Crippen LogP contribution in [0.15, 0.2) is 66.9 Å². The summed E-state index contributed by atoms with van der Waals surface area (Å²) in [5.41, 5.74) is 0.576. The van der Waals surface area contributed by atoms with Crippen LogP contribution in [0.1, 0.15) is 15.9 Å². The molecule has 6 nitrogen and oxygen atoms in total. The van der Waals surface area contributed by atoms with E-state index in [1.54, 1.807) is 24.3 Å². The van der Waals surface area contributed by atoms with Crippen LogP contribution in [0, 0.1) is 15.9 Å². The summed E-state index contributed by atoms with van der Waals surface area (Å²) < 4.78 is 13.4. The Balaban J connectivity index is 2.00. The van der Waals surface area contributed by atoms with E-state index in [0.29, 0.717) is 5.69 Å². The molecule has 0 unspecified atom stereocenters. The van der Waals surface area contributed by atoms with E-state index in [1.807, 2.05) is 0 Å². The van der Waals surface area contributed by atoms with Gasteiger partial charge in [-0.05, 0) is 30.3 Å². The van der Waals surface area contributed by atoms with Crippen molar-refractivity contribution in [2.75, 3.05) is 5.32 Å². The summed E-state index contributed by atoms with van der Waals surface area (Å²) in [6, 6.07) is 14.6. The minimum atomic E-state index is -0.563. The summed E-state index contributed by atoms with van der Waals surface area (Å²) in [4.78, 5) is 27.2. The molecular weight excluding hydrogens is 325 g/mol. The molecule has 124 valence electrons. The number of nitro groups is 1. The molecule has 25 heavy (non-hydrogen) atoms. The molecule has 0 spiro atoms. The van der Waals surface area contributed by atoms with Gasteiger partial charge in [0.15, 0.2) is 5.78 Å². The Labute approximate surface area is 142 Å². The quantitative estimate of drug-likeness (QED) is 0.430. The van der Waals surface area contributed by atoms with Gasteiger partial charge in [0.2, 0.25) is 5.82 Å². The van der Waals surface area contributed by atoms with Crippen molar-refractivity contribution in [3.05, 3.63) is 93.9 Å². The SMILES string of the molecule is O=C(c1cccc(F)c1)c1ccccc1Nc1ncccc1[N+](=O)[O-]. The van der Waals surface area contributed by atoms with Gasteiger partial charge in [0.05, 0.1) is 10.6 Å². The van der Waals surface area contributed by atoms with E-state index in [0.717, 1.165) is 6.07 Å². The third-order valence-electron chi connectivity index (χ3n) is 3.49. The second kappa shape index (κ2) is 6.88. The van der Waals surface area contributed by atoms with Crippen LogP contribution in [-0.2, 0) is 0 Å². The molecule has 1 heterocycles. The summed E-state index contributed by atoms with van der Waals surface area (Å²) in [6.07, 6.45) is 1.41. The Kier molecular flexibility index (Phi) is 4.47. The zero-order chi connectivity index (χ0) is 17.8. The fourth-order valence-corrected chi connectivity index (χ4v) is 2.34. The second-order valence-electron chi connectivity index (χ2n) is 5.14. The molecule has 3 rings (SSSR count). The van der Waals surface area contributed by atoms with E-state index < -0.39 is 16.5 Å². The largest absolute Gasteiger partial charge is 0.334 e. The van der Waals surface area contributed by atoms with Gasteiger partial charge in [-0.25, -0.2) is 9.37 Å². The van der Waals surface area contributed by atoms with Gasteiger partial charge in [0, 0.05) is 23.4 Å². The molecule has 0 bridgehead atoms. The number of carbonyl (C=O) groups is 1. The fourth-order valence-electron chi connectivity index (χ4n) is 2.34. The highest BCUT2D eigenvalue weighted by Gasteiger charge is 2.18.